The van der Waals surface area contributed by atoms with Crippen molar-refractivity contribution in [1.29, 1.82) is 0 Å². The fraction of sp³-hybridized carbons (Fsp3) is 0.0588. The van der Waals surface area contributed by atoms with Gasteiger partial charge in [0, 0.05) is 21.6 Å². The fourth-order valence-electron chi connectivity index (χ4n) is 2.67. The Balaban J connectivity index is 2.06. The van der Waals surface area contributed by atoms with Gasteiger partial charge in [0.2, 0.25) is 0 Å². The Kier molecular flexibility index (Phi) is 2.90. The maximum atomic E-state index is 12.6. The minimum atomic E-state index is -0.110. The van der Waals surface area contributed by atoms with Crippen molar-refractivity contribution < 1.29 is 0 Å². The highest BCUT2D eigenvalue weighted by molar-refractivity contribution is 9.10. The van der Waals surface area contributed by atoms with E-state index in [2.05, 4.69) is 26.0 Å². The van der Waals surface area contributed by atoms with E-state index in [-0.39, 0.29) is 5.56 Å². The first kappa shape index (κ1) is 13.3. The number of rotatable bonds is 1. The lowest BCUT2D eigenvalue weighted by Gasteiger charge is -2.02. The smallest absolute Gasteiger partial charge is 0.282 e. The molecule has 1 N–H and O–H groups in total. The molecule has 0 spiro atoms. The molecule has 2 aromatic rings. The molecule has 0 fully saturated rings. The normalized spacial score (nSPS) is 11.4. The van der Waals surface area contributed by atoms with Crippen molar-refractivity contribution >= 4 is 26.8 Å². The Hall–Kier alpha value is -2.40. The highest BCUT2D eigenvalue weighted by atomic mass is 79.9. The zero-order valence-corrected chi connectivity index (χ0v) is 13.4. The predicted molar refractivity (Wildman–Crippen MR) is 90.7 cm³/mol. The summed E-state index contributed by atoms with van der Waals surface area (Å²) in [6.45, 7) is 2.00. The number of aryl methyl sites for hydroxylation is 1. The standard InChI is InChI=1S/C17H12BrN3O/c1-10-3-2-4-12(7-10)21-17(22)14-9-19-15-8-11(18)5-6-13(15)16(14)20-21/h2-9,19H,1H3. The van der Waals surface area contributed by atoms with E-state index in [4.69, 9.17) is 0 Å². The topological polar surface area (TPSA) is 50.7 Å². The largest absolute Gasteiger partial charge is 0.360 e. The molecule has 22 heavy (non-hydrogen) atoms. The van der Waals surface area contributed by atoms with Crippen molar-refractivity contribution in [3.05, 3.63) is 69.1 Å². The zero-order valence-electron chi connectivity index (χ0n) is 11.8. The van der Waals surface area contributed by atoms with Crippen molar-refractivity contribution in [2.45, 2.75) is 6.92 Å². The molecule has 4 nitrogen and oxygen atoms in total. The van der Waals surface area contributed by atoms with Gasteiger partial charge >= 0.3 is 0 Å². The minimum Gasteiger partial charge on any atom is -0.360 e. The number of aromatic amines is 1. The van der Waals surface area contributed by atoms with Crippen LogP contribution in [0.15, 0.2) is 57.9 Å². The van der Waals surface area contributed by atoms with Crippen LogP contribution in [-0.2, 0) is 0 Å². The molecule has 0 saturated carbocycles. The van der Waals surface area contributed by atoms with Crippen LogP contribution in [0, 0.1) is 6.92 Å². The summed E-state index contributed by atoms with van der Waals surface area (Å²) in [6.07, 6.45) is 1.73. The maximum Gasteiger partial charge on any atom is 0.282 e. The summed E-state index contributed by atoms with van der Waals surface area (Å²) < 4.78 is 2.45. The number of pyridine rings is 1. The highest BCUT2D eigenvalue weighted by Crippen LogP contribution is 2.27. The molecule has 2 aliphatic rings. The van der Waals surface area contributed by atoms with E-state index >= 15 is 0 Å². The molecule has 0 aromatic heterocycles. The van der Waals surface area contributed by atoms with Crippen molar-refractivity contribution in [3.8, 4) is 16.9 Å². The van der Waals surface area contributed by atoms with E-state index in [1.807, 2.05) is 49.4 Å². The van der Waals surface area contributed by atoms with Crippen LogP contribution in [0.3, 0.4) is 0 Å². The van der Waals surface area contributed by atoms with Crippen LogP contribution < -0.4 is 5.56 Å². The Morgan fingerprint density at radius 1 is 1.18 bits per heavy atom. The number of benzene rings is 2. The summed E-state index contributed by atoms with van der Waals surface area (Å²) in [7, 11) is 0. The number of nitrogens with zero attached hydrogens (tertiary/aromatic N) is 2. The number of nitrogens with one attached hydrogen (secondary N) is 1. The number of H-pyrrole nitrogens is 1. The molecule has 0 saturated heterocycles. The number of hydrogen-bond acceptors (Lipinski definition) is 2. The quantitative estimate of drug-likeness (QED) is 0.564. The van der Waals surface area contributed by atoms with Crippen LogP contribution in [0.2, 0.25) is 0 Å². The van der Waals surface area contributed by atoms with Gasteiger partial charge in [-0.05, 0) is 42.8 Å². The molecule has 0 unspecified atom stereocenters. The molecular formula is C17H12BrN3O. The molecule has 0 radical (unpaired) electrons. The minimum absolute atomic E-state index is 0.110. The fourth-order valence-corrected chi connectivity index (χ4v) is 3.03. The van der Waals surface area contributed by atoms with Gasteiger partial charge in [-0.25, -0.2) is 0 Å². The van der Waals surface area contributed by atoms with Crippen molar-refractivity contribution in [1.82, 2.24) is 14.8 Å². The summed E-state index contributed by atoms with van der Waals surface area (Å²) in [5.74, 6) is 0. The SMILES string of the molecule is Cc1cccc(-n2nc3c4ccc(Br)cc4[nH]cc-3c2=O)c1. The number of fused-ring (bicyclic) bond motifs is 3. The second kappa shape index (κ2) is 4.81. The molecule has 2 heterocycles. The van der Waals surface area contributed by atoms with E-state index in [1.54, 1.807) is 6.20 Å². The average molecular weight is 354 g/mol. The second-order valence-electron chi connectivity index (χ2n) is 5.30. The molecule has 108 valence electrons. The van der Waals surface area contributed by atoms with Gasteiger partial charge in [0.15, 0.2) is 0 Å². The van der Waals surface area contributed by atoms with Crippen LogP contribution in [0.25, 0.3) is 27.8 Å². The van der Waals surface area contributed by atoms with E-state index in [1.165, 1.54) is 4.68 Å². The van der Waals surface area contributed by atoms with Crippen LogP contribution in [0.4, 0.5) is 0 Å². The van der Waals surface area contributed by atoms with Gasteiger partial charge in [0.05, 0.1) is 11.3 Å². The Bertz CT molecular complexity index is 1030. The number of hydrogen-bond donors (Lipinski definition) is 1. The summed E-state index contributed by atoms with van der Waals surface area (Å²) >= 11 is 3.45. The summed E-state index contributed by atoms with van der Waals surface area (Å²) in [6, 6.07) is 13.7. The third-order valence-corrected chi connectivity index (χ3v) is 4.23. The van der Waals surface area contributed by atoms with E-state index in [9.17, 15) is 4.79 Å². The molecule has 4 rings (SSSR count). The van der Waals surface area contributed by atoms with E-state index < -0.39 is 0 Å². The third kappa shape index (κ3) is 1.97. The van der Waals surface area contributed by atoms with Crippen LogP contribution in [0.1, 0.15) is 5.56 Å². The van der Waals surface area contributed by atoms with Gasteiger partial charge < -0.3 is 4.98 Å². The molecule has 2 aromatic carbocycles. The lowest BCUT2D eigenvalue weighted by atomic mass is 10.1. The van der Waals surface area contributed by atoms with Crippen LogP contribution >= 0.6 is 15.9 Å². The van der Waals surface area contributed by atoms with Gasteiger partial charge in [-0.1, -0.05) is 28.1 Å². The number of halogens is 1. The van der Waals surface area contributed by atoms with Crippen molar-refractivity contribution in [2.24, 2.45) is 0 Å². The molecule has 0 bridgehead atoms. The van der Waals surface area contributed by atoms with Gasteiger partial charge in [-0.3, -0.25) is 4.79 Å². The third-order valence-electron chi connectivity index (χ3n) is 3.73. The molecule has 0 atom stereocenters. The summed E-state index contributed by atoms with van der Waals surface area (Å²) in [5.41, 5.74) is 4.02. The van der Waals surface area contributed by atoms with Gasteiger partial charge in [0.25, 0.3) is 5.56 Å². The Morgan fingerprint density at radius 3 is 2.86 bits per heavy atom. The first-order valence-electron chi connectivity index (χ1n) is 6.90. The second-order valence-corrected chi connectivity index (χ2v) is 6.21. The Labute approximate surface area is 134 Å². The lowest BCUT2D eigenvalue weighted by Crippen LogP contribution is -2.14. The molecule has 5 heteroatoms. The van der Waals surface area contributed by atoms with Crippen molar-refractivity contribution in [3.63, 3.8) is 0 Å². The van der Waals surface area contributed by atoms with Gasteiger partial charge in [0.1, 0.15) is 5.69 Å². The van der Waals surface area contributed by atoms with Crippen LogP contribution in [0.5, 0.6) is 0 Å². The number of aromatic nitrogens is 3. The van der Waals surface area contributed by atoms with Crippen molar-refractivity contribution in [2.75, 3.05) is 0 Å². The van der Waals surface area contributed by atoms with Gasteiger partial charge in [-0.2, -0.15) is 9.78 Å². The van der Waals surface area contributed by atoms with Gasteiger partial charge in [-0.15, -0.1) is 0 Å². The summed E-state index contributed by atoms with van der Waals surface area (Å²) in [4.78, 5) is 15.8. The monoisotopic (exact) mass is 353 g/mol. The average Bonchev–Trinajstić information content (AvgIpc) is 2.84. The van der Waals surface area contributed by atoms with Crippen LogP contribution in [-0.4, -0.2) is 14.8 Å². The lowest BCUT2D eigenvalue weighted by molar-refractivity contribution is 0.858. The Morgan fingerprint density at radius 2 is 2.05 bits per heavy atom. The zero-order chi connectivity index (χ0) is 15.3. The predicted octanol–water partition coefficient (Wildman–Crippen LogP) is 3.89. The highest BCUT2D eigenvalue weighted by Gasteiger charge is 2.18. The molecule has 2 aliphatic heterocycles. The maximum absolute atomic E-state index is 12.6. The molecule has 0 amide bonds. The van der Waals surface area contributed by atoms with E-state index in [0.29, 0.717) is 11.3 Å². The van der Waals surface area contributed by atoms with E-state index in [0.717, 1.165) is 26.6 Å². The summed E-state index contributed by atoms with van der Waals surface area (Å²) in [5, 5.41) is 5.48. The molecular weight excluding hydrogens is 342 g/mol. The first-order chi connectivity index (χ1) is 10.6. The molecule has 0 aliphatic carbocycles. The first-order valence-corrected chi connectivity index (χ1v) is 7.69.